The Kier molecular flexibility index (Phi) is 18.2. The number of alkyl halides is 3. The molecule has 0 atom stereocenters. The summed E-state index contributed by atoms with van der Waals surface area (Å²) in [4.78, 5) is 71.6. The average Bonchev–Trinajstić information content (AvgIpc) is 4.25. The first-order valence-corrected chi connectivity index (χ1v) is 27.4. The minimum Gasteiger partial charge on any atom is -0.381 e. The van der Waals surface area contributed by atoms with Gasteiger partial charge in [-0.1, -0.05) is 71.1 Å². The van der Waals surface area contributed by atoms with E-state index in [0.29, 0.717) is 62.9 Å². The zero-order valence-corrected chi connectivity index (χ0v) is 44.2. The molecule has 0 bridgehead atoms. The number of aromatic amines is 1. The summed E-state index contributed by atoms with van der Waals surface area (Å²) in [6.07, 6.45) is 3.51. The molecule has 2 fully saturated rings. The number of halogens is 3. The molecule has 0 unspecified atom stereocenters. The van der Waals surface area contributed by atoms with Gasteiger partial charge in [0, 0.05) is 75.2 Å². The van der Waals surface area contributed by atoms with Crippen molar-refractivity contribution in [2.75, 3.05) is 55.9 Å². The van der Waals surface area contributed by atoms with Crippen LogP contribution in [-0.4, -0.2) is 123 Å². The fraction of sp³-hybridized carbons (Fsp3) is 0.309. The first-order valence-electron chi connectivity index (χ1n) is 25.8. The van der Waals surface area contributed by atoms with Crippen LogP contribution in [0.4, 0.5) is 24.5 Å². The van der Waals surface area contributed by atoms with Crippen LogP contribution in [0.1, 0.15) is 84.9 Å². The second kappa shape index (κ2) is 25.9. The predicted octanol–water partition coefficient (Wildman–Crippen LogP) is 6.52. The quantitative estimate of drug-likeness (QED) is 0.0572. The van der Waals surface area contributed by atoms with Gasteiger partial charge in [0.05, 0.1) is 49.0 Å². The normalized spacial score (nSPS) is 14.2. The van der Waals surface area contributed by atoms with E-state index in [4.69, 9.17) is 13.7 Å². The fourth-order valence-corrected chi connectivity index (χ4v) is 10.2. The van der Waals surface area contributed by atoms with Gasteiger partial charge in [-0.3, -0.25) is 24.0 Å². The number of nitrogens with one attached hydrogen (secondary N) is 5. The molecule has 422 valence electrons. The Hall–Kier alpha value is -8.88. The molecule has 6 heterocycles. The number of benzene rings is 4. The lowest BCUT2D eigenvalue weighted by molar-refractivity contribution is -0.130. The molecule has 0 radical (unpaired) electrons. The summed E-state index contributed by atoms with van der Waals surface area (Å²) in [5.74, 6) is -3.64. The van der Waals surface area contributed by atoms with Gasteiger partial charge < -0.3 is 39.9 Å². The highest BCUT2D eigenvalue weighted by Gasteiger charge is 2.31. The third-order valence-corrected chi connectivity index (χ3v) is 14.6. The minimum absolute atomic E-state index is 0.0232. The van der Waals surface area contributed by atoms with Crippen molar-refractivity contribution < 1.29 is 54.4 Å². The number of pyridine rings is 2. The Morgan fingerprint density at radius 2 is 1.12 bits per heavy atom. The van der Waals surface area contributed by atoms with Gasteiger partial charge in [-0.25, -0.2) is 14.3 Å². The molecule has 0 saturated carbocycles. The molecule has 5 N–H and O–H groups in total. The van der Waals surface area contributed by atoms with E-state index in [9.17, 15) is 45.6 Å². The van der Waals surface area contributed by atoms with Gasteiger partial charge in [0.2, 0.25) is 11.4 Å². The highest BCUT2D eigenvalue weighted by molar-refractivity contribution is 7.87. The molecule has 4 aromatic carbocycles. The molecule has 2 saturated heterocycles. The van der Waals surface area contributed by atoms with Crippen molar-refractivity contribution in [1.29, 1.82) is 0 Å². The molecule has 26 heteroatoms. The van der Waals surface area contributed by atoms with Crippen molar-refractivity contribution in [3.8, 4) is 5.88 Å². The largest absolute Gasteiger partial charge is 0.390 e. The fourth-order valence-electron chi connectivity index (χ4n) is 9.24. The monoisotopic (exact) mass is 1130 g/mol. The van der Waals surface area contributed by atoms with Crippen LogP contribution in [0.5, 0.6) is 5.88 Å². The molecule has 8 aromatic rings. The molecule has 2 aliphatic heterocycles. The van der Waals surface area contributed by atoms with Crippen molar-refractivity contribution in [2.24, 2.45) is 11.8 Å². The van der Waals surface area contributed by atoms with Gasteiger partial charge in [-0.15, -0.1) is 10.2 Å². The van der Waals surface area contributed by atoms with Crippen LogP contribution in [-0.2, 0) is 32.7 Å². The SMILES string of the molecule is O=C(NCC1CCOCC1)c1[nH]c(=O)ccc1NC(=O)c1ccc(Cn2ccnn2)c2ccccc12.O=C(NCC1CCOCC1)c1nc(OS(=O)(=O)CCC(F)(F)F)ccc1NC(=O)c1ccc(Cn2ccnn2)c2ccccc12. The lowest BCUT2D eigenvalue weighted by Crippen LogP contribution is -2.34. The number of anilines is 2. The second-order valence-corrected chi connectivity index (χ2v) is 20.8. The van der Waals surface area contributed by atoms with Gasteiger partial charge in [0.1, 0.15) is 5.69 Å². The van der Waals surface area contributed by atoms with Crippen molar-refractivity contribution in [3.05, 3.63) is 166 Å². The summed E-state index contributed by atoms with van der Waals surface area (Å²) in [5.41, 5.74) is 2.03. The maximum atomic E-state index is 13.6. The molecule has 0 spiro atoms. The number of nitrogens with zero attached hydrogens (tertiary/aromatic N) is 7. The highest BCUT2D eigenvalue weighted by atomic mass is 32.2. The molecule has 81 heavy (non-hydrogen) atoms. The summed E-state index contributed by atoms with van der Waals surface area (Å²) in [6.45, 7) is 4.12. The smallest absolute Gasteiger partial charge is 0.381 e. The van der Waals surface area contributed by atoms with Gasteiger partial charge in [-0.2, -0.15) is 21.6 Å². The maximum absolute atomic E-state index is 13.6. The van der Waals surface area contributed by atoms with E-state index in [-0.39, 0.29) is 46.7 Å². The van der Waals surface area contributed by atoms with Crippen LogP contribution in [0.3, 0.4) is 0 Å². The van der Waals surface area contributed by atoms with E-state index >= 15 is 0 Å². The number of aromatic nitrogens is 8. The minimum atomic E-state index is -4.72. The molecule has 0 aliphatic carbocycles. The van der Waals surface area contributed by atoms with Crippen molar-refractivity contribution >= 4 is 66.7 Å². The number of ether oxygens (including phenoxy) is 2. The van der Waals surface area contributed by atoms with E-state index in [2.05, 4.69) is 51.9 Å². The maximum Gasteiger partial charge on any atom is 0.390 e. The highest BCUT2D eigenvalue weighted by Crippen LogP contribution is 2.29. The van der Waals surface area contributed by atoms with Crippen LogP contribution < -0.4 is 31.0 Å². The number of fused-ring (bicyclic) bond motifs is 2. The van der Waals surface area contributed by atoms with Gasteiger partial charge in [0.25, 0.3) is 23.6 Å². The van der Waals surface area contributed by atoms with E-state index in [1.165, 1.54) is 18.2 Å². The van der Waals surface area contributed by atoms with Crippen molar-refractivity contribution in [1.82, 2.24) is 50.6 Å². The standard InChI is InChI=1S/C29H29F3N6O6S.C26H26N6O4/c30-29(31,32)11-16-45(41,42)44-25-8-7-24(26(36-25)28(40)33-17-19-9-14-43-15-10-19)35-27(39)23-6-5-20(18-38-13-12-34-37-38)21-3-1-2-4-22(21)23;33-23-8-7-22(24(30-23)26(35)27-15-17-9-13-36-14-10-17)29-25(34)21-6-5-18(16-32-12-11-28-31-32)19-3-1-2-4-20(19)21/h1-8,12-13,19H,9-11,14-18H2,(H,33,40)(H,35,39);1-8,11-12,17H,9-10,13-16H2,(H,27,35)(H,29,34)(H,30,33). The number of rotatable bonds is 18. The third-order valence-electron chi connectivity index (χ3n) is 13.5. The van der Waals surface area contributed by atoms with E-state index in [0.717, 1.165) is 59.0 Å². The summed E-state index contributed by atoms with van der Waals surface area (Å²) < 4.78 is 81.1. The van der Waals surface area contributed by atoms with Gasteiger partial charge in [0.15, 0.2) is 5.69 Å². The Morgan fingerprint density at radius 1 is 0.630 bits per heavy atom. The third kappa shape index (κ3) is 15.3. The number of hydrogen-bond donors (Lipinski definition) is 5. The lowest BCUT2D eigenvalue weighted by atomic mass is 9.99. The van der Waals surface area contributed by atoms with Crippen LogP contribution >= 0.6 is 0 Å². The molecule has 10 rings (SSSR count). The number of carbonyl (C=O) groups excluding carboxylic acids is 4. The molecular formula is C55H55F3N12O10S. The Bertz CT molecular complexity index is 3700. The topological polar surface area (TPSA) is 285 Å². The summed E-state index contributed by atoms with van der Waals surface area (Å²) >= 11 is 0. The molecule has 4 amide bonds. The van der Waals surface area contributed by atoms with Crippen molar-refractivity contribution in [2.45, 2.75) is 51.4 Å². The van der Waals surface area contributed by atoms with Crippen LogP contribution in [0.15, 0.2) is 127 Å². The van der Waals surface area contributed by atoms with E-state index in [1.54, 1.807) is 64.5 Å². The summed E-state index contributed by atoms with van der Waals surface area (Å²) in [5, 5.41) is 29.9. The summed E-state index contributed by atoms with van der Waals surface area (Å²) in [7, 11) is -4.69. The second-order valence-electron chi connectivity index (χ2n) is 19.1. The van der Waals surface area contributed by atoms with Crippen LogP contribution in [0.2, 0.25) is 0 Å². The predicted molar refractivity (Wildman–Crippen MR) is 290 cm³/mol. The Morgan fingerprint density at radius 3 is 1.63 bits per heavy atom. The zero-order valence-electron chi connectivity index (χ0n) is 43.4. The molecule has 4 aromatic heterocycles. The Labute approximate surface area is 460 Å². The Balaban J connectivity index is 0.000000200. The molecular weight excluding hydrogens is 1080 g/mol. The number of hydrogen-bond acceptors (Lipinski definition) is 15. The molecule has 2 aliphatic rings. The van der Waals surface area contributed by atoms with E-state index in [1.807, 2.05) is 42.5 Å². The van der Waals surface area contributed by atoms with Gasteiger partial charge in [-0.05, 0) is 94.5 Å². The van der Waals surface area contributed by atoms with Crippen LogP contribution in [0, 0.1) is 11.8 Å². The first-order chi connectivity index (χ1) is 39.1. The lowest BCUT2D eigenvalue weighted by Gasteiger charge is -2.22. The van der Waals surface area contributed by atoms with Gasteiger partial charge >= 0.3 is 16.3 Å². The number of H-pyrrole nitrogens is 1. The molecule has 22 nitrogen and oxygen atoms in total. The van der Waals surface area contributed by atoms with Crippen molar-refractivity contribution in [3.63, 3.8) is 0 Å². The number of carbonyl (C=O) groups is 4. The average molecular weight is 1130 g/mol. The number of amides is 4. The van der Waals surface area contributed by atoms with Crippen LogP contribution in [0.25, 0.3) is 21.5 Å². The first kappa shape index (κ1) is 56.8. The summed E-state index contributed by atoms with van der Waals surface area (Å²) in [6, 6.07) is 26.9. The zero-order chi connectivity index (χ0) is 56.9. The van der Waals surface area contributed by atoms with E-state index < -0.39 is 57.6 Å².